The summed E-state index contributed by atoms with van der Waals surface area (Å²) in [7, 11) is 0. The predicted molar refractivity (Wildman–Crippen MR) is 146 cm³/mol. The maximum absolute atomic E-state index is 13.2. The van der Waals surface area contributed by atoms with Crippen molar-refractivity contribution < 1.29 is 19.1 Å². The first-order valence-corrected chi connectivity index (χ1v) is 12.4. The zero-order valence-electron chi connectivity index (χ0n) is 19.8. The molecule has 0 saturated heterocycles. The van der Waals surface area contributed by atoms with E-state index in [1.165, 1.54) is 11.8 Å². The minimum Gasteiger partial charge on any atom is -0.484 e. The first kappa shape index (κ1) is 25.5. The van der Waals surface area contributed by atoms with E-state index in [9.17, 15) is 14.4 Å². The Bertz CT molecular complexity index is 1350. The van der Waals surface area contributed by atoms with Gasteiger partial charge in [0.25, 0.3) is 5.91 Å². The normalized spacial score (nSPS) is 11.2. The SMILES string of the molecule is NC(=O)c1ccc(NC(=O)C(Sc2ccc(NC(=O)COc3ccccc3)cc2)c2ccccc2)cc1. The van der Waals surface area contributed by atoms with Gasteiger partial charge in [-0.05, 0) is 66.2 Å². The number of nitrogens with one attached hydrogen (secondary N) is 2. The first-order chi connectivity index (χ1) is 18.0. The Morgan fingerprint density at radius 3 is 1.92 bits per heavy atom. The quantitative estimate of drug-likeness (QED) is 0.251. The summed E-state index contributed by atoms with van der Waals surface area (Å²) in [6, 6.07) is 32.3. The molecule has 4 aromatic carbocycles. The van der Waals surface area contributed by atoms with Gasteiger partial charge in [0.05, 0.1) is 0 Å². The Kier molecular flexibility index (Phi) is 8.57. The number of carbonyl (C=O) groups is 3. The second kappa shape index (κ2) is 12.4. The molecule has 0 radical (unpaired) electrons. The van der Waals surface area contributed by atoms with Gasteiger partial charge in [-0.2, -0.15) is 0 Å². The fourth-order valence-electron chi connectivity index (χ4n) is 3.44. The van der Waals surface area contributed by atoms with Crippen molar-refractivity contribution in [2.45, 2.75) is 10.1 Å². The van der Waals surface area contributed by atoms with Crippen molar-refractivity contribution in [3.8, 4) is 5.75 Å². The number of amides is 3. The van der Waals surface area contributed by atoms with E-state index in [1.54, 1.807) is 48.5 Å². The molecule has 0 saturated carbocycles. The molecule has 1 unspecified atom stereocenters. The maximum Gasteiger partial charge on any atom is 0.262 e. The first-order valence-electron chi connectivity index (χ1n) is 11.5. The number of para-hydroxylation sites is 1. The minimum atomic E-state index is -0.531. The average molecular weight is 512 g/mol. The smallest absolute Gasteiger partial charge is 0.262 e. The molecule has 4 N–H and O–H groups in total. The molecule has 37 heavy (non-hydrogen) atoms. The fraction of sp³-hybridized carbons (Fsp3) is 0.0690. The summed E-state index contributed by atoms with van der Waals surface area (Å²) in [6.45, 7) is -0.100. The third kappa shape index (κ3) is 7.46. The van der Waals surface area contributed by atoms with Crippen LogP contribution in [0.15, 0.2) is 114 Å². The lowest BCUT2D eigenvalue weighted by Gasteiger charge is -2.17. The lowest BCUT2D eigenvalue weighted by atomic mass is 10.1. The van der Waals surface area contributed by atoms with Crippen LogP contribution in [0.1, 0.15) is 21.2 Å². The molecule has 0 spiro atoms. The highest BCUT2D eigenvalue weighted by Gasteiger charge is 2.22. The molecule has 4 rings (SSSR count). The van der Waals surface area contributed by atoms with Crippen LogP contribution in [0.4, 0.5) is 11.4 Å². The van der Waals surface area contributed by atoms with Crippen LogP contribution in [0.25, 0.3) is 0 Å². The van der Waals surface area contributed by atoms with E-state index in [2.05, 4.69) is 10.6 Å². The highest BCUT2D eigenvalue weighted by Crippen LogP contribution is 2.36. The minimum absolute atomic E-state index is 0.100. The number of benzene rings is 4. The molecule has 0 aromatic heterocycles. The van der Waals surface area contributed by atoms with Crippen molar-refractivity contribution in [3.63, 3.8) is 0 Å². The number of nitrogens with two attached hydrogens (primary N) is 1. The van der Waals surface area contributed by atoms with E-state index in [0.717, 1.165) is 10.5 Å². The van der Waals surface area contributed by atoms with E-state index < -0.39 is 11.2 Å². The number of rotatable bonds is 10. The van der Waals surface area contributed by atoms with Crippen LogP contribution >= 0.6 is 11.8 Å². The molecule has 3 amide bonds. The van der Waals surface area contributed by atoms with Gasteiger partial charge in [-0.15, -0.1) is 11.8 Å². The molecule has 0 aliphatic carbocycles. The zero-order valence-corrected chi connectivity index (χ0v) is 20.6. The third-order valence-electron chi connectivity index (χ3n) is 5.28. The molecular weight excluding hydrogens is 486 g/mol. The van der Waals surface area contributed by atoms with Crippen LogP contribution in [0.2, 0.25) is 0 Å². The summed E-state index contributed by atoms with van der Waals surface area (Å²) in [5, 5.41) is 5.19. The van der Waals surface area contributed by atoms with Gasteiger partial charge >= 0.3 is 0 Å². The molecule has 0 fully saturated rings. The molecule has 1 atom stereocenters. The summed E-state index contributed by atoms with van der Waals surface area (Å²) < 4.78 is 5.48. The lowest BCUT2D eigenvalue weighted by Crippen LogP contribution is -2.20. The molecule has 8 heteroatoms. The van der Waals surface area contributed by atoms with Crippen LogP contribution in [0.5, 0.6) is 5.75 Å². The van der Waals surface area contributed by atoms with Gasteiger partial charge < -0.3 is 21.1 Å². The van der Waals surface area contributed by atoms with E-state index >= 15 is 0 Å². The second-order valence-corrected chi connectivity index (χ2v) is 9.19. The van der Waals surface area contributed by atoms with Crippen molar-refractivity contribution in [2.24, 2.45) is 5.73 Å². The second-order valence-electron chi connectivity index (χ2n) is 8.01. The van der Waals surface area contributed by atoms with Crippen molar-refractivity contribution in [2.75, 3.05) is 17.2 Å². The van der Waals surface area contributed by atoms with Crippen molar-refractivity contribution in [1.82, 2.24) is 0 Å². The van der Waals surface area contributed by atoms with E-state index in [4.69, 9.17) is 10.5 Å². The summed E-state index contributed by atoms with van der Waals surface area (Å²) in [5.74, 6) is -0.385. The Hall–Kier alpha value is -4.56. The van der Waals surface area contributed by atoms with Crippen molar-refractivity contribution in [3.05, 3.63) is 120 Å². The standard InChI is InChI=1S/C29H25N3O4S/c30-28(34)21-11-13-23(14-12-21)32-29(35)27(20-7-3-1-4-8-20)37-25-17-15-22(16-18-25)31-26(33)19-36-24-9-5-2-6-10-24/h1-18,27H,19H2,(H2,30,34)(H,31,33)(H,32,35). The molecule has 0 bridgehead atoms. The summed E-state index contributed by atoms with van der Waals surface area (Å²) >= 11 is 1.39. The van der Waals surface area contributed by atoms with Crippen LogP contribution in [-0.4, -0.2) is 24.3 Å². The van der Waals surface area contributed by atoms with Crippen LogP contribution < -0.4 is 21.1 Å². The molecule has 186 valence electrons. The number of primary amides is 1. The van der Waals surface area contributed by atoms with E-state index in [1.807, 2.05) is 60.7 Å². The molecule has 4 aromatic rings. The van der Waals surface area contributed by atoms with E-state index in [0.29, 0.717) is 22.7 Å². The fourth-order valence-corrected chi connectivity index (χ4v) is 4.47. The lowest BCUT2D eigenvalue weighted by molar-refractivity contribution is -0.118. The van der Waals surface area contributed by atoms with Gasteiger partial charge in [0.15, 0.2) is 6.61 Å². The Labute approximate surface area is 219 Å². The largest absolute Gasteiger partial charge is 0.484 e. The summed E-state index contributed by atoms with van der Waals surface area (Å²) in [5.41, 5.74) is 7.69. The molecule has 7 nitrogen and oxygen atoms in total. The predicted octanol–water partition coefficient (Wildman–Crippen LogP) is 5.28. The van der Waals surface area contributed by atoms with E-state index in [-0.39, 0.29) is 18.4 Å². The summed E-state index contributed by atoms with van der Waals surface area (Å²) in [4.78, 5) is 37.6. The number of ether oxygens (including phenoxy) is 1. The topological polar surface area (TPSA) is 111 Å². The Morgan fingerprint density at radius 1 is 0.730 bits per heavy atom. The molecule has 0 aliphatic heterocycles. The monoisotopic (exact) mass is 511 g/mol. The highest BCUT2D eigenvalue weighted by molar-refractivity contribution is 8.00. The number of thioether (sulfide) groups is 1. The average Bonchev–Trinajstić information content (AvgIpc) is 2.93. The summed E-state index contributed by atoms with van der Waals surface area (Å²) in [6.07, 6.45) is 0. The number of anilines is 2. The number of hydrogen-bond acceptors (Lipinski definition) is 5. The van der Waals surface area contributed by atoms with Gasteiger partial charge in [-0.25, -0.2) is 0 Å². The van der Waals surface area contributed by atoms with Gasteiger partial charge in [0.2, 0.25) is 11.8 Å². The highest BCUT2D eigenvalue weighted by atomic mass is 32.2. The van der Waals surface area contributed by atoms with Crippen LogP contribution in [-0.2, 0) is 9.59 Å². The van der Waals surface area contributed by atoms with Crippen molar-refractivity contribution >= 4 is 40.9 Å². The molecule has 0 aliphatic rings. The van der Waals surface area contributed by atoms with Crippen molar-refractivity contribution in [1.29, 1.82) is 0 Å². The van der Waals surface area contributed by atoms with Crippen LogP contribution in [0.3, 0.4) is 0 Å². The Morgan fingerprint density at radius 2 is 1.30 bits per heavy atom. The molecular formula is C29H25N3O4S. The number of hydrogen-bond donors (Lipinski definition) is 3. The van der Waals surface area contributed by atoms with Gasteiger partial charge in [-0.1, -0.05) is 48.5 Å². The zero-order chi connectivity index (χ0) is 26.0. The van der Waals surface area contributed by atoms with Gasteiger partial charge in [-0.3, -0.25) is 14.4 Å². The van der Waals surface area contributed by atoms with Gasteiger partial charge in [0.1, 0.15) is 11.0 Å². The third-order valence-corrected chi connectivity index (χ3v) is 6.55. The number of carbonyl (C=O) groups excluding carboxylic acids is 3. The molecule has 0 heterocycles. The Balaban J connectivity index is 1.40. The maximum atomic E-state index is 13.2. The van der Waals surface area contributed by atoms with Crippen LogP contribution in [0, 0.1) is 0 Å². The van der Waals surface area contributed by atoms with Gasteiger partial charge in [0, 0.05) is 21.8 Å².